The van der Waals surface area contributed by atoms with E-state index in [1.165, 1.54) is 42.8 Å². The number of nitro groups is 1. The Bertz CT molecular complexity index is 1740. The third kappa shape index (κ3) is 5.62. The first-order chi connectivity index (χ1) is 21.0. The standard InChI is InChI=1S/C30H37FN8O4S/c1-36-13-15-37(16-14-36)21-7-9-22(10-8-21)38-18-23(27-28(32)33-19-34-29(27)38)20-6-11-24(25(31)17-20)30(35-44(2,42)43)12-4-3-5-26(30)39(40)41/h3-6,11-12,17-19,21-22,26,35H,7-10,13-16H2,1-2H3,(H2,32,33,34)/t21-,22+,26?,30?. The number of rotatable bonds is 7. The number of hydrogen-bond acceptors (Lipinski definition) is 9. The van der Waals surface area contributed by atoms with Gasteiger partial charge < -0.3 is 15.2 Å². The van der Waals surface area contributed by atoms with Gasteiger partial charge in [0, 0.05) is 60.5 Å². The highest BCUT2D eigenvalue weighted by Gasteiger charge is 2.49. The SMILES string of the molecule is CN1CCN([C@H]2CC[C@@H](n3cc(-c4ccc(C5(NS(C)(=O)=O)C=CC=CC5[N+](=O)[O-])c(F)c4)c4c(N)ncnc43)CC2)CC1. The number of nitrogens with two attached hydrogens (primary N) is 1. The minimum Gasteiger partial charge on any atom is -0.383 e. The van der Waals surface area contributed by atoms with E-state index in [4.69, 9.17) is 5.73 Å². The Morgan fingerprint density at radius 3 is 2.45 bits per heavy atom. The summed E-state index contributed by atoms with van der Waals surface area (Å²) in [6.07, 6.45) is 13.8. The summed E-state index contributed by atoms with van der Waals surface area (Å²) >= 11 is 0. The zero-order valence-electron chi connectivity index (χ0n) is 24.8. The number of likely N-dealkylation sites (N-methyl/N-ethyl adjacent to an activating group) is 1. The Morgan fingerprint density at radius 2 is 1.80 bits per heavy atom. The van der Waals surface area contributed by atoms with Crippen molar-refractivity contribution in [1.29, 1.82) is 0 Å². The van der Waals surface area contributed by atoms with Crippen LogP contribution < -0.4 is 10.5 Å². The van der Waals surface area contributed by atoms with Crippen LogP contribution in [0.15, 0.2) is 55.0 Å². The second-order valence-electron chi connectivity index (χ2n) is 12.1. The fourth-order valence-electron chi connectivity index (χ4n) is 7.08. The largest absolute Gasteiger partial charge is 0.383 e. The van der Waals surface area contributed by atoms with Gasteiger partial charge in [-0.3, -0.25) is 15.0 Å². The maximum absolute atomic E-state index is 16.1. The molecule has 12 nitrogen and oxygen atoms in total. The maximum atomic E-state index is 16.1. The van der Waals surface area contributed by atoms with E-state index < -0.39 is 32.3 Å². The van der Waals surface area contributed by atoms with Gasteiger partial charge in [-0.1, -0.05) is 30.4 Å². The van der Waals surface area contributed by atoms with Gasteiger partial charge in [0.2, 0.25) is 10.0 Å². The number of fused-ring (bicyclic) bond motifs is 1. The quantitative estimate of drug-likeness (QED) is 0.298. The van der Waals surface area contributed by atoms with E-state index in [2.05, 4.69) is 36.1 Å². The topological polar surface area (TPSA) is 153 Å². The first kappa shape index (κ1) is 30.3. The smallest absolute Gasteiger partial charge is 0.258 e. The van der Waals surface area contributed by atoms with Gasteiger partial charge in [0.1, 0.15) is 23.6 Å². The predicted molar refractivity (Wildman–Crippen MR) is 166 cm³/mol. The number of anilines is 1. The molecule has 1 saturated carbocycles. The molecule has 0 spiro atoms. The van der Waals surface area contributed by atoms with Crippen LogP contribution >= 0.6 is 0 Å². The monoisotopic (exact) mass is 624 g/mol. The lowest BCUT2D eigenvalue weighted by Crippen LogP contribution is -2.55. The number of nitrogen functional groups attached to an aromatic ring is 1. The van der Waals surface area contributed by atoms with Crippen LogP contribution in [0.25, 0.3) is 22.2 Å². The third-order valence-electron chi connectivity index (χ3n) is 9.29. The number of halogens is 1. The van der Waals surface area contributed by atoms with Crippen molar-refractivity contribution in [3.05, 3.63) is 76.5 Å². The molecule has 234 valence electrons. The van der Waals surface area contributed by atoms with Crippen LogP contribution in [0.4, 0.5) is 10.2 Å². The highest BCUT2D eigenvalue weighted by molar-refractivity contribution is 7.88. The third-order valence-corrected chi connectivity index (χ3v) is 10.00. The zero-order valence-corrected chi connectivity index (χ0v) is 25.6. The molecule has 0 amide bonds. The lowest BCUT2D eigenvalue weighted by molar-refractivity contribution is -0.520. The Kier molecular flexibility index (Phi) is 8.03. The van der Waals surface area contributed by atoms with Gasteiger partial charge >= 0.3 is 0 Å². The van der Waals surface area contributed by atoms with Crippen LogP contribution in [0.2, 0.25) is 0 Å². The fourth-order valence-corrected chi connectivity index (χ4v) is 7.99. The lowest BCUT2D eigenvalue weighted by Gasteiger charge is -2.41. The van der Waals surface area contributed by atoms with Crippen LogP contribution in [-0.2, 0) is 15.6 Å². The van der Waals surface area contributed by atoms with Crippen molar-refractivity contribution in [1.82, 2.24) is 29.1 Å². The van der Waals surface area contributed by atoms with Gasteiger partial charge in [0.25, 0.3) is 6.04 Å². The van der Waals surface area contributed by atoms with Crippen LogP contribution in [0.1, 0.15) is 37.3 Å². The Hall–Kier alpha value is -3.72. The predicted octanol–water partition coefficient (Wildman–Crippen LogP) is 3.07. The number of allylic oxidation sites excluding steroid dienone is 2. The zero-order chi connectivity index (χ0) is 31.2. The van der Waals surface area contributed by atoms with Crippen molar-refractivity contribution in [2.45, 2.75) is 49.3 Å². The fraction of sp³-hybridized carbons (Fsp3) is 0.467. The summed E-state index contributed by atoms with van der Waals surface area (Å²) in [5.41, 5.74) is 6.03. The number of aromatic nitrogens is 3. The molecule has 3 aliphatic rings. The Morgan fingerprint density at radius 1 is 1.09 bits per heavy atom. The molecule has 2 fully saturated rings. The molecule has 1 aliphatic heterocycles. The van der Waals surface area contributed by atoms with Crippen molar-refractivity contribution in [3.8, 4) is 11.1 Å². The van der Waals surface area contributed by atoms with Crippen molar-refractivity contribution in [3.63, 3.8) is 0 Å². The minimum absolute atomic E-state index is 0.163. The van der Waals surface area contributed by atoms with E-state index >= 15 is 4.39 Å². The van der Waals surface area contributed by atoms with Gasteiger partial charge in [-0.05, 0) is 50.4 Å². The van der Waals surface area contributed by atoms with E-state index in [0.29, 0.717) is 28.2 Å². The van der Waals surface area contributed by atoms with Crippen LogP contribution in [0, 0.1) is 15.9 Å². The van der Waals surface area contributed by atoms with Crippen molar-refractivity contribution in [2.75, 3.05) is 45.2 Å². The molecule has 14 heteroatoms. The minimum atomic E-state index is -3.98. The molecule has 6 rings (SSSR count). The number of benzene rings is 1. The molecule has 1 aromatic carbocycles. The summed E-state index contributed by atoms with van der Waals surface area (Å²) in [6.45, 7) is 4.34. The van der Waals surface area contributed by atoms with E-state index in [0.717, 1.165) is 58.1 Å². The summed E-state index contributed by atoms with van der Waals surface area (Å²) in [5.74, 6) is -0.530. The highest BCUT2D eigenvalue weighted by atomic mass is 32.2. The maximum Gasteiger partial charge on any atom is 0.258 e. The number of piperazine rings is 1. The van der Waals surface area contributed by atoms with Crippen molar-refractivity contribution in [2.24, 2.45) is 0 Å². The Labute approximate surface area is 255 Å². The number of hydrogen-bond donors (Lipinski definition) is 2. The van der Waals surface area contributed by atoms with Crippen LogP contribution in [0.5, 0.6) is 0 Å². The molecule has 3 N–H and O–H groups in total. The summed E-state index contributed by atoms with van der Waals surface area (Å²) in [7, 11) is -1.82. The van der Waals surface area contributed by atoms with Crippen LogP contribution in [-0.4, -0.2) is 89.2 Å². The molecular weight excluding hydrogens is 587 g/mol. The first-order valence-corrected chi connectivity index (χ1v) is 16.7. The highest BCUT2D eigenvalue weighted by Crippen LogP contribution is 2.41. The molecule has 1 saturated heterocycles. The van der Waals surface area contributed by atoms with Gasteiger partial charge in [-0.25, -0.2) is 22.8 Å². The number of sulfonamides is 1. The van der Waals surface area contributed by atoms with E-state index in [-0.39, 0.29) is 17.4 Å². The molecule has 2 unspecified atom stereocenters. The van der Waals surface area contributed by atoms with E-state index in [9.17, 15) is 18.5 Å². The molecule has 0 bridgehead atoms. The van der Waals surface area contributed by atoms with Gasteiger partial charge in [-0.2, -0.15) is 4.72 Å². The van der Waals surface area contributed by atoms with Gasteiger partial charge in [-0.15, -0.1) is 0 Å². The van der Waals surface area contributed by atoms with E-state index in [1.54, 1.807) is 6.07 Å². The van der Waals surface area contributed by atoms with Crippen molar-refractivity contribution < 1.29 is 17.7 Å². The summed E-state index contributed by atoms with van der Waals surface area (Å²) < 4.78 is 45.3. The number of nitrogens with zero attached hydrogens (tertiary/aromatic N) is 6. The number of nitrogens with one attached hydrogen (secondary N) is 1. The van der Waals surface area contributed by atoms with E-state index in [1.807, 2.05) is 6.20 Å². The summed E-state index contributed by atoms with van der Waals surface area (Å²) in [5, 5.41) is 12.6. The van der Waals surface area contributed by atoms with Crippen molar-refractivity contribution >= 4 is 26.9 Å². The average Bonchev–Trinajstić information content (AvgIpc) is 3.38. The second kappa shape index (κ2) is 11.7. The molecule has 2 aliphatic carbocycles. The summed E-state index contributed by atoms with van der Waals surface area (Å²) in [6, 6.07) is 3.48. The van der Waals surface area contributed by atoms with Gasteiger partial charge in [0.15, 0.2) is 5.54 Å². The molecular formula is C30H37FN8O4S. The molecule has 0 radical (unpaired) electrons. The summed E-state index contributed by atoms with van der Waals surface area (Å²) in [4.78, 5) is 25.1. The lowest BCUT2D eigenvalue weighted by atomic mass is 9.80. The average molecular weight is 625 g/mol. The first-order valence-electron chi connectivity index (χ1n) is 14.8. The normalized spacial score (nSPS) is 26.8. The molecule has 3 heterocycles. The molecule has 3 aromatic rings. The van der Waals surface area contributed by atoms with Gasteiger partial charge in [0.05, 0.1) is 11.6 Å². The molecule has 2 atom stereocenters. The Balaban J connectivity index is 1.35. The second-order valence-corrected chi connectivity index (χ2v) is 13.9. The molecule has 44 heavy (non-hydrogen) atoms. The molecule has 2 aromatic heterocycles. The van der Waals surface area contributed by atoms with Crippen LogP contribution in [0.3, 0.4) is 0 Å².